The van der Waals surface area contributed by atoms with Crippen molar-refractivity contribution in [3.63, 3.8) is 0 Å². The monoisotopic (exact) mass is 170 g/mol. The van der Waals surface area contributed by atoms with E-state index in [1.54, 1.807) is 12.1 Å². The number of nitrogens with two attached hydrogens (primary N) is 1. The summed E-state index contributed by atoms with van der Waals surface area (Å²) in [7, 11) is 1.00. The van der Waals surface area contributed by atoms with E-state index in [1.807, 2.05) is 0 Å². The number of nitrogens with zero attached hydrogens (tertiary/aromatic N) is 1. The first kappa shape index (κ1) is 10.4. The molecule has 0 unspecified atom stereocenters. The summed E-state index contributed by atoms with van der Waals surface area (Å²) in [6.07, 6.45) is 0. The van der Waals surface area contributed by atoms with Crippen molar-refractivity contribution in [2.24, 2.45) is 0 Å². The highest BCUT2D eigenvalue weighted by Gasteiger charge is 2.02. The predicted octanol–water partition coefficient (Wildman–Crippen LogP) is 0.785. The number of nitro benzene ring substituents is 1. The van der Waals surface area contributed by atoms with Gasteiger partial charge in [0.25, 0.3) is 5.69 Å². The highest BCUT2D eigenvalue weighted by Crippen LogP contribution is 2.13. The van der Waals surface area contributed by atoms with Gasteiger partial charge in [-0.1, -0.05) is 6.07 Å². The van der Waals surface area contributed by atoms with Crippen molar-refractivity contribution in [2.75, 3.05) is 12.8 Å². The lowest BCUT2D eigenvalue weighted by Crippen LogP contribution is -1.89. The third-order valence-corrected chi connectivity index (χ3v) is 1.08. The van der Waals surface area contributed by atoms with Crippen LogP contribution < -0.4 is 5.73 Å². The Labute approximate surface area is 69.6 Å². The van der Waals surface area contributed by atoms with Crippen molar-refractivity contribution in [2.45, 2.75) is 0 Å². The van der Waals surface area contributed by atoms with E-state index in [4.69, 9.17) is 10.8 Å². The Morgan fingerprint density at radius 2 is 2.08 bits per heavy atom. The maximum atomic E-state index is 10.1. The maximum absolute atomic E-state index is 10.1. The topological polar surface area (TPSA) is 89.4 Å². The fourth-order valence-electron chi connectivity index (χ4n) is 0.638. The third kappa shape index (κ3) is 2.98. The summed E-state index contributed by atoms with van der Waals surface area (Å²) in [5.74, 6) is 0. The second-order valence-corrected chi connectivity index (χ2v) is 1.85. The molecule has 5 nitrogen and oxygen atoms in total. The molecule has 5 heteroatoms. The summed E-state index contributed by atoms with van der Waals surface area (Å²) in [5.41, 5.74) is 5.73. The van der Waals surface area contributed by atoms with Crippen molar-refractivity contribution in [3.05, 3.63) is 34.4 Å². The predicted molar refractivity (Wildman–Crippen MR) is 45.7 cm³/mol. The first-order chi connectivity index (χ1) is 5.70. The van der Waals surface area contributed by atoms with Crippen molar-refractivity contribution in [1.82, 2.24) is 0 Å². The van der Waals surface area contributed by atoms with Crippen LogP contribution in [0.3, 0.4) is 0 Å². The lowest BCUT2D eigenvalue weighted by Gasteiger charge is -1.90. The molecule has 1 rings (SSSR count). The summed E-state index contributed by atoms with van der Waals surface area (Å²) in [6, 6.07) is 5.87. The molecule has 0 aliphatic heterocycles. The molecule has 0 aliphatic carbocycles. The van der Waals surface area contributed by atoms with Crippen LogP contribution in [-0.2, 0) is 0 Å². The second-order valence-electron chi connectivity index (χ2n) is 1.85. The number of rotatable bonds is 1. The first-order valence-electron chi connectivity index (χ1n) is 3.15. The Kier molecular flexibility index (Phi) is 4.40. The SMILES string of the molecule is CO.Nc1cccc([N+](=O)[O-])c1. The molecule has 66 valence electrons. The number of aliphatic hydroxyl groups is 1. The summed E-state index contributed by atoms with van der Waals surface area (Å²) >= 11 is 0. The number of anilines is 1. The molecule has 0 heterocycles. The van der Waals surface area contributed by atoms with Crippen molar-refractivity contribution >= 4 is 11.4 Å². The zero-order valence-corrected chi connectivity index (χ0v) is 6.60. The minimum atomic E-state index is -0.476. The van der Waals surface area contributed by atoms with Crippen LogP contribution in [0, 0.1) is 10.1 Å². The molecule has 0 aliphatic rings. The van der Waals surface area contributed by atoms with Crippen LogP contribution in [-0.4, -0.2) is 17.1 Å². The third-order valence-electron chi connectivity index (χ3n) is 1.08. The summed E-state index contributed by atoms with van der Waals surface area (Å²) in [4.78, 5) is 9.63. The second kappa shape index (κ2) is 5.09. The molecular formula is C7H10N2O3. The Morgan fingerprint density at radius 3 is 2.42 bits per heavy atom. The van der Waals surface area contributed by atoms with E-state index in [0.717, 1.165) is 7.11 Å². The molecule has 0 saturated heterocycles. The van der Waals surface area contributed by atoms with E-state index >= 15 is 0 Å². The Morgan fingerprint density at radius 1 is 1.50 bits per heavy atom. The van der Waals surface area contributed by atoms with Gasteiger partial charge in [0.05, 0.1) is 4.92 Å². The highest BCUT2D eigenvalue weighted by atomic mass is 16.6. The maximum Gasteiger partial charge on any atom is 0.271 e. The van der Waals surface area contributed by atoms with Crippen molar-refractivity contribution < 1.29 is 10.0 Å². The van der Waals surface area contributed by atoms with Crippen LogP contribution in [0.15, 0.2) is 24.3 Å². The van der Waals surface area contributed by atoms with E-state index in [0.29, 0.717) is 5.69 Å². The molecular weight excluding hydrogens is 160 g/mol. The van der Waals surface area contributed by atoms with Gasteiger partial charge >= 0.3 is 0 Å². The smallest absolute Gasteiger partial charge is 0.271 e. The van der Waals surface area contributed by atoms with E-state index in [-0.39, 0.29) is 5.69 Å². The van der Waals surface area contributed by atoms with E-state index in [9.17, 15) is 10.1 Å². The lowest BCUT2D eigenvalue weighted by atomic mass is 10.3. The highest BCUT2D eigenvalue weighted by molar-refractivity contribution is 5.46. The molecule has 0 bridgehead atoms. The number of aliphatic hydroxyl groups excluding tert-OH is 1. The number of hydrogen-bond donors (Lipinski definition) is 2. The molecule has 0 atom stereocenters. The van der Waals surface area contributed by atoms with Gasteiger partial charge in [-0.15, -0.1) is 0 Å². The minimum Gasteiger partial charge on any atom is -0.400 e. The zero-order chi connectivity index (χ0) is 9.56. The molecule has 0 amide bonds. The normalized spacial score (nSPS) is 8.17. The van der Waals surface area contributed by atoms with Gasteiger partial charge in [-0.05, 0) is 6.07 Å². The fourth-order valence-corrected chi connectivity index (χ4v) is 0.638. The van der Waals surface area contributed by atoms with Gasteiger partial charge in [-0.2, -0.15) is 0 Å². The quantitative estimate of drug-likeness (QED) is 0.370. The van der Waals surface area contributed by atoms with Gasteiger partial charge in [-0.25, -0.2) is 0 Å². The summed E-state index contributed by atoms with van der Waals surface area (Å²) in [6.45, 7) is 0. The number of nitrogen functional groups attached to an aromatic ring is 1. The van der Waals surface area contributed by atoms with Crippen molar-refractivity contribution in [1.29, 1.82) is 0 Å². The largest absolute Gasteiger partial charge is 0.400 e. The van der Waals surface area contributed by atoms with E-state index in [1.165, 1.54) is 12.1 Å². The average molecular weight is 170 g/mol. The van der Waals surface area contributed by atoms with Crippen LogP contribution in [0.4, 0.5) is 11.4 Å². The Hall–Kier alpha value is -1.62. The summed E-state index contributed by atoms with van der Waals surface area (Å²) in [5, 5.41) is 17.1. The standard InChI is InChI=1S/C6H6N2O2.CH4O/c7-5-2-1-3-6(4-5)8(9)10;1-2/h1-4H,7H2;2H,1H3. The van der Waals surface area contributed by atoms with Gasteiger partial charge < -0.3 is 10.8 Å². The van der Waals surface area contributed by atoms with Crippen LogP contribution in [0.1, 0.15) is 0 Å². The average Bonchev–Trinajstić information content (AvgIpc) is 2.08. The molecule has 1 aromatic rings. The minimum absolute atomic E-state index is 0.0278. The molecule has 3 N–H and O–H groups in total. The molecule has 0 spiro atoms. The number of nitro groups is 1. The van der Waals surface area contributed by atoms with Crippen LogP contribution in [0.2, 0.25) is 0 Å². The first-order valence-corrected chi connectivity index (χ1v) is 3.15. The Bertz CT molecular complexity index is 263. The number of benzene rings is 1. The van der Waals surface area contributed by atoms with Gasteiger partial charge in [0.1, 0.15) is 0 Å². The van der Waals surface area contributed by atoms with Gasteiger partial charge in [0.2, 0.25) is 0 Å². The lowest BCUT2D eigenvalue weighted by molar-refractivity contribution is -0.384. The van der Waals surface area contributed by atoms with Crippen LogP contribution in [0.25, 0.3) is 0 Å². The fraction of sp³-hybridized carbons (Fsp3) is 0.143. The zero-order valence-electron chi connectivity index (χ0n) is 6.60. The van der Waals surface area contributed by atoms with Gasteiger partial charge in [0, 0.05) is 24.9 Å². The molecule has 1 aromatic carbocycles. The van der Waals surface area contributed by atoms with Gasteiger partial charge in [0.15, 0.2) is 0 Å². The van der Waals surface area contributed by atoms with Crippen molar-refractivity contribution in [3.8, 4) is 0 Å². The molecule has 0 fully saturated rings. The van der Waals surface area contributed by atoms with Crippen LogP contribution >= 0.6 is 0 Å². The number of hydrogen-bond acceptors (Lipinski definition) is 4. The van der Waals surface area contributed by atoms with Crippen LogP contribution in [0.5, 0.6) is 0 Å². The summed E-state index contributed by atoms with van der Waals surface area (Å²) < 4.78 is 0. The number of non-ortho nitro benzene ring substituents is 1. The van der Waals surface area contributed by atoms with E-state index in [2.05, 4.69) is 0 Å². The Balaban J connectivity index is 0.000000561. The van der Waals surface area contributed by atoms with E-state index < -0.39 is 4.92 Å². The molecule has 0 saturated carbocycles. The van der Waals surface area contributed by atoms with Gasteiger partial charge in [-0.3, -0.25) is 10.1 Å². The molecule has 12 heavy (non-hydrogen) atoms. The molecule has 0 radical (unpaired) electrons. The molecule has 0 aromatic heterocycles.